The standard InChI is InChI=1S/C17H20N2O5S/c1-12-4-5-14(18-17(20)11-23-2)10-16(12)25(21,22)19-13-6-8-15(24-3)9-7-13/h4-10,19H,11H2,1-3H3,(H,18,20). The summed E-state index contributed by atoms with van der Waals surface area (Å²) in [5.74, 6) is 0.264. The molecule has 0 saturated carbocycles. The molecular formula is C17H20N2O5S. The molecule has 2 aromatic rings. The van der Waals surface area contributed by atoms with Gasteiger partial charge in [0.2, 0.25) is 5.91 Å². The maximum atomic E-state index is 12.7. The van der Waals surface area contributed by atoms with Crippen molar-refractivity contribution in [3.05, 3.63) is 48.0 Å². The van der Waals surface area contributed by atoms with E-state index in [1.54, 1.807) is 43.3 Å². The van der Waals surface area contributed by atoms with Crippen molar-refractivity contribution in [2.75, 3.05) is 30.9 Å². The number of nitrogens with one attached hydrogen (secondary N) is 2. The van der Waals surface area contributed by atoms with Crippen molar-refractivity contribution in [3.8, 4) is 5.75 Å². The third kappa shape index (κ3) is 4.94. The summed E-state index contributed by atoms with van der Waals surface area (Å²) in [7, 11) is -0.868. The van der Waals surface area contributed by atoms with Gasteiger partial charge in [0, 0.05) is 18.5 Å². The predicted octanol–water partition coefficient (Wildman–Crippen LogP) is 2.39. The molecule has 0 unspecified atom stereocenters. The van der Waals surface area contributed by atoms with E-state index in [1.165, 1.54) is 20.3 Å². The van der Waals surface area contributed by atoms with Crippen molar-refractivity contribution < 1.29 is 22.7 Å². The molecule has 2 aromatic carbocycles. The van der Waals surface area contributed by atoms with E-state index >= 15 is 0 Å². The average Bonchev–Trinajstić information content (AvgIpc) is 2.57. The Hall–Kier alpha value is -2.58. The molecule has 134 valence electrons. The summed E-state index contributed by atoms with van der Waals surface area (Å²) < 4.78 is 37.6. The van der Waals surface area contributed by atoms with E-state index in [-0.39, 0.29) is 17.4 Å². The first-order chi connectivity index (χ1) is 11.9. The van der Waals surface area contributed by atoms with Gasteiger partial charge in [0.05, 0.1) is 12.0 Å². The maximum Gasteiger partial charge on any atom is 0.262 e. The van der Waals surface area contributed by atoms with E-state index in [0.717, 1.165) is 0 Å². The molecule has 0 spiro atoms. The molecule has 0 aromatic heterocycles. The van der Waals surface area contributed by atoms with Crippen LogP contribution in [0.2, 0.25) is 0 Å². The number of carbonyl (C=O) groups excluding carboxylic acids is 1. The SMILES string of the molecule is COCC(=O)Nc1ccc(C)c(S(=O)(=O)Nc2ccc(OC)cc2)c1. The highest BCUT2D eigenvalue weighted by Crippen LogP contribution is 2.24. The van der Waals surface area contributed by atoms with Crippen LogP contribution >= 0.6 is 0 Å². The van der Waals surface area contributed by atoms with Crippen LogP contribution in [0.4, 0.5) is 11.4 Å². The Morgan fingerprint density at radius 2 is 1.68 bits per heavy atom. The minimum atomic E-state index is -3.81. The summed E-state index contributed by atoms with van der Waals surface area (Å²) in [6.45, 7) is 1.57. The van der Waals surface area contributed by atoms with Gasteiger partial charge in [-0.2, -0.15) is 0 Å². The van der Waals surface area contributed by atoms with E-state index < -0.39 is 10.0 Å². The van der Waals surface area contributed by atoms with Crippen LogP contribution < -0.4 is 14.8 Å². The topological polar surface area (TPSA) is 93.7 Å². The highest BCUT2D eigenvalue weighted by Gasteiger charge is 2.18. The monoisotopic (exact) mass is 364 g/mol. The Balaban J connectivity index is 2.26. The van der Waals surface area contributed by atoms with Gasteiger partial charge in [0.15, 0.2) is 0 Å². The lowest BCUT2D eigenvalue weighted by Crippen LogP contribution is -2.18. The van der Waals surface area contributed by atoms with Crippen LogP contribution in [0.15, 0.2) is 47.4 Å². The van der Waals surface area contributed by atoms with Crippen LogP contribution in [-0.4, -0.2) is 35.2 Å². The number of hydrogen-bond donors (Lipinski definition) is 2. The molecule has 0 atom stereocenters. The second-order valence-corrected chi connectivity index (χ2v) is 6.95. The molecule has 0 bridgehead atoms. The lowest BCUT2D eigenvalue weighted by Gasteiger charge is -2.13. The van der Waals surface area contributed by atoms with Crippen LogP contribution in [0.25, 0.3) is 0 Å². The minimum absolute atomic E-state index is 0.0820. The summed E-state index contributed by atoms with van der Waals surface area (Å²) in [6.07, 6.45) is 0. The lowest BCUT2D eigenvalue weighted by atomic mass is 10.2. The Labute approximate surface area is 147 Å². The third-order valence-electron chi connectivity index (χ3n) is 3.38. The predicted molar refractivity (Wildman–Crippen MR) is 95.5 cm³/mol. The Kier molecular flexibility index (Phi) is 6.00. The second-order valence-electron chi connectivity index (χ2n) is 5.30. The fraction of sp³-hybridized carbons (Fsp3) is 0.235. The quantitative estimate of drug-likeness (QED) is 0.787. The van der Waals surface area contributed by atoms with Crippen molar-refractivity contribution in [1.82, 2.24) is 0 Å². The normalized spacial score (nSPS) is 11.0. The summed E-state index contributed by atoms with van der Waals surface area (Å²) >= 11 is 0. The van der Waals surface area contributed by atoms with Gasteiger partial charge in [-0.05, 0) is 48.9 Å². The van der Waals surface area contributed by atoms with Gasteiger partial charge in [-0.25, -0.2) is 8.42 Å². The first kappa shape index (κ1) is 18.8. The summed E-state index contributed by atoms with van der Waals surface area (Å²) in [4.78, 5) is 11.7. The van der Waals surface area contributed by atoms with E-state index in [4.69, 9.17) is 9.47 Å². The maximum absolute atomic E-state index is 12.7. The Morgan fingerprint density at radius 1 is 1.04 bits per heavy atom. The largest absolute Gasteiger partial charge is 0.497 e. The molecule has 0 aliphatic carbocycles. The summed E-state index contributed by atoms with van der Waals surface area (Å²) in [5, 5.41) is 2.59. The number of amides is 1. The molecular weight excluding hydrogens is 344 g/mol. The molecule has 2 rings (SSSR count). The van der Waals surface area contributed by atoms with E-state index in [9.17, 15) is 13.2 Å². The summed E-state index contributed by atoms with van der Waals surface area (Å²) in [6, 6.07) is 11.2. The first-order valence-electron chi connectivity index (χ1n) is 7.42. The zero-order valence-electron chi connectivity index (χ0n) is 14.2. The first-order valence-corrected chi connectivity index (χ1v) is 8.90. The molecule has 8 heteroatoms. The van der Waals surface area contributed by atoms with Gasteiger partial charge in [-0.15, -0.1) is 0 Å². The van der Waals surface area contributed by atoms with E-state index in [2.05, 4.69) is 10.0 Å². The molecule has 0 heterocycles. The van der Waals surface area contributed by atoms with Gasteiger partial charge in [0.25, 0.3) is 10.0 Å². The van der Waals surface area contributed by atoms with Crippen LogP contribution in [0.1, 0.15) is 5.56 Å². The average molecular weight is 364 g/mol. The second kappa shape index (κ2) is 8.00. The van der Waals surface area contributed by atoms with Crippen LogP contribution in [0, 0.1) is 6.92 Å². The highest BCUT2D eigenvalue weighted by atomic mass is 32.2. The zero-order valence-corrected chi connectivity index (χ0v) is 15.0. The van der Waals surface area contributed by atoms with Crippen LogP contribution in [0.5, 0.6) is 5.75 Å². The number of aryl methyl sites for hydroxylation is 1. The molecule has 0 saturated heterocycles. The molecule has 0 aliphatic heterocycles. The number of sulfonamides is 1. The minimum Gasteiger partial charge on any atom is -0.497 e. The third-order valence-corrected chi connectivity index (χ3v) is 4.90. The van der Waals surface area contributed by atoms with Crippen LogP contribution in [0.3, 0.4) is 0 Å². The number of anilines is 2. The van der Waals surface area contributed by atoms with Crippen molar-refractivity contribution >= 4 is 27.3 Å². The van der Waals surface area contributed by atoms with E-state index in [1.807, 2.05) is 0 Å². The van der Waals surface area contributed by atoms with Gasteiger partial charge in [0.1, 0.15) is 12.4 Å². The smallest absolute Gasteiger partial charge is 0.262 e. The van der Waals surface area contributed by atoms with Gasteiger partial charge in [-0.1, -0.05) is 6.07 Å². The number of hydrogen-bond acceptors (Lipinski definition) is 5. The highest BCUT2D eigenvalue weighted by molar-refractivity contribution is 7.92. The van der Waals surface area contributed by atoms with Gasteiger partial charge in [-0.3, -0.25) is 9.52 Å². The molecule has 25 heavy (non-hydrogen) atoms. The van der Waals surface area contributed by atoms with E-state index in [0.29, 0.717) is 22.7 Å². The number of benzene rings is 2. The van der Waals surface area contributed by atoms with Gasteiger partial charge >= 0.3 is 0 Å². The molecule has 0 fully saturated rings. The molecule has 0 radical (unpaired) electrons. The van der Waals surface area contributed by atoms with Crippen molar-refractivity contribution in [2.45, 2.75) is 11.8 Å². The Bertz CT molecular complexity index is 848. The molecule has 0 aliphatic rings. The van der Waals surface area contributed by atoms with Crippen molar-refractivity contribution in [2.24, 2.45) is 0 Å². The Morgan fingerprint density at radius 3 is 2.28 bits per heavy atom. The fourth-order valence-electron chi connectivity index (χ4n) is 2.16. The summed E-state index contributed by atoms with van der Waals surface area (Å²) in [5.41, 5.74) is 1.35. The zero-order chi connectivity index (χ0) is 18.4. The van der Waals surface area contributed by atoms with Crippen LogP contribution in [-0.2, 0) is 19.6 Å². The fourth-order valence-corrected chi connectivity index (χ4v) is 3.50. The lowest BCUT2D eigenvalue weighted by molar-refractivity contribution is -0.119. The number of carbonyl (C=O) groups is 1. The van der Waals surface area contributed by atoms with Gasteiger partial charge < -0.3 is 14.8 Å². The number of methoxy groups -OCH3 is 2. The molecule has 1 amide bonds. The van der Waals surface area contributed by atoms with Crippen molar-refractivity contribution in [3.63, 3.8) is 0 Å². The number of rotatable bonds is 7. The molecule has 7 nitrogen and oxygen atoms in total. The number of ether oxygens (including phenoxy) is 2. The molecule has 2 N–H and O–H groups in total. The van der Waals surface area contributed by atoms with Crippen molar-refractivity contribution in [1.29, 1.82) is 0 Å².